The zero-order valence-electron chi connectivity index (χ0n) is 11.5. The third-order valence-corrected chi connectivity index (χ3v) is 3.05. The van der Waals surface area contributed by atoms with Crippen LogP contribution in [0.5, 0.6) is 5.75 Å². The van der Waals surface area contributed by atoms with Gasteiger partial charge in [0.1, 0.15) is 5.69 Å². The van der Waals surface area contributed by atoms with Crippen molar-refractivity contribution in [1.82, 2.24) is 15.2 Å². The molecule has 2 aromatic heterocycles. The molecule has 3 aromatic rings. The van der Waals surface area contributed by atoms with E-state index in [9.17, 15) is 4.79 Å². The highest BCUT2D eigenvalue weighted by Crippen LogP contribution is 2.24. The molecule has 1 amide bonds. The number of carbonyl (C=O) groups is 1. The van der Waals surface area contributed by atoms with Gasteiger partial charge in [0, 0.05) is 12.4 Å². The molecule has 0 saturated heterocycles. The Hall–Kier alpha value is -3.12. The van der Waals surface area contributed by atoms with Crippen LogP contribution in [0.4, 0.5) is 0 Å². The zero-order chi connectivity index (χ0) is 15.4. The first-order valence-corrected chi connectivity index (χ1v) is 6.60. The van der Waals surface area contributed by atoms with Crippen molar-refractivity contribution in [2.75, 3.05) is 0 Å². The molecule has 22 heavy (non-hydrogen) atoms. The summed E-state index contributed by atoms with van der Waals surface area (Å²) in [5.41, 5.74) is 2.91. The molecule has 1 aromatic carbocycles. The second-order valence-electron chi connectivity index (χ2n) is 4.46. The molecule has 0 bridgehead atoms. The highest BCUT2D eigenvalue weighted by atomic mass is 16.7. The van der Waals surface area contributed by atoms with Crippen molar-refractivity contribution in [3.8, 4) is 17.1 Å². The number of para-hydroxylation sites is 1. The largest absolute Gasteiger partial charge is 0.375 e. The van der Waals surface area contributed by atoms with Crippen LogP contribution in [-0.2, 0) is 0 Å². The van der Waals surface area contributed by atoms with E-state index < -0.39 is 5.91 Å². The fraction of sp³-hybridized carbons (Fsp3) is 0. The van der Waals surface area contributed by atoms with Crippen molar-refractivity contribution in [2.24, 2.45) is 0 Å². The van der Waals surface area contributed by atoms with E-state index in [2.05, 4.69) is 4.98 Å². The van der Waals surface area contributed by atoms with Crippen LogP contribution in [0.3, 0.4) is 0 Å². The Balaban J connectivity index is 2.07. The number of rotatable bonds is 4. The molecule has 2 N–H and O–H groups in total. The summed E-state index contributed by atoms with van der Waals surface area (Å²) in [6, 6.07) is 16.1. The molecule has 0 spiro atoms. The van der Waals surface area contributed by atoms with Crippen LogP contribution in [0, 0.1) is 0 Å². The van der Waals surface area contributed by atoms with Crippen molar-refractivity contribution in [3.05, 3.63) is 72.6 Å². The molecule has 6 nitrogen and oxygen atoms in total. The van der Waals surface area contributed by atoms with E-state index in [1.807, 2.05) is 24.3 Å². The van der Waals surface area contributed by atoms with Gasteiger partial charge >= 0.3 is 0 Å². The summed E-state index contributed by atoms with van der Waals surface area (Å²) in [4.78, 5) is 21.8. The number of aromatic nitrogens is 2. The Bertz CT molecular complexity index is 770. The lowest BCUT2D eigenvalue weighted by molar-refractivity contribution is 0.0706. The van der Waals surface area contributed by atoms with Crippen molar-refractivity contribution in [2.45, 2.75) is 0 Å². The van der Waals surface area contributed by atoms with Gasteiger partial charge in [0.05, 0.1) is 11.3 Å². The predicted molar refractivity (Wildman–Crippen MR) is 79.4 cm³/mol. The van der Waals surface area contributed by atoms with E-state index in [-0.39, 0.29) is 5.56 Å². The first kappa shape index (κ1) is 13.8. The molecule has 0 aliphatic heterocycles. The van der Waals surface area contributed by atoms with E-state index in [4.69, 9.17) is 10.0 Å². The minimum Gasteiger partial charge on any atom is -0.375 e. The summed E-state index contributed by atoms with van der Waals surface area (Å²) in [6.07, 6.45) is 3.22. The molecule has 0 fully saturated rings. The standard InChI is InChI=1S/C16H13N3O3/c20-16(18-21)13-9-11-19(22-12-6-2-1-3-7-12)15(13)14-8-4-5-10-17-14/h1-11,21H,(H,18,20). The molecule has 0 radical (unpaired) electrons. The lowest BCUT2D eigenvalue weighted by Crippen LogP contribution is -2.19. The maximum absolute atomic E-state index is 11.8. The van der Waals surface area contributed by atoms with E-state index in [0.29, 0.717) is 17.1 Å². The summed E-state index contributed by atoms with van der Waals surface area (Å²) in [6.45, 7) is 0. The lowest BCUT2D eigenvalue weighted by Gasteiger charge is -2.11. The van der Waals surface area contributed by atoms with Crippen molar-refractivity contribution >= 4 is 5.91 Å². The van der Waals surface area contributed by atoms with Crippen LogP contribution in [-0.4, -0.2) is 20.8 Å². The maximum Gasteiger partial charge on any atom is 0.277 e. The quantitative estimate of drug-likeness (QED) is 0.573. The first-order chi connectivity index (χ1) is 10.8. The highest BCUT2D eigenvalue weighted by molar-refractivity contribution is 5.99. The van der Waals surface area contributed by atoms with Gasteiger partial charge in [-0.1, -0.05) is 24.3 Å². The van der Waals surface area contributed by atoms with Crippen molar-refractivity contribution in [3.63, 3.8) is 0 Å². The molecular weight excluding hydrogens is 282 g/mol. The molecular formula is C16H13N3O3. The molecule has 0 atom stereocenters. The molecule has 0 saturated carbocycles. The first-order valence-electron chi connectivity index (χ1n) is 6.60. The number of hydrogen-bond acceptors (Lipinski definition) is 4. The number of hydroxylamine groups is 1. The van der Waals surface area contributed by atoms with E-state index in [1.54, 1.807) is 48.2 Å². The monoisotopic (exact) mass is 295 g/mol. The molecule has 2 heterocycles. The van der Waals surface area contributed by atoms with Crippen LogP contribution < -0.4 is 10.3 Å². The third kappa shape index (κ3) is 2.68. The number of hydrogen-bond donors (Lipinski definition) is 2. The van der Waals surface area contributed by atoms with E-state index in [1.165, 1.54) is 4.73 Å². The molecule has 0 aliphatic carbocycles. The number of nitrogens with one attached hydrogen (secondary N) is 1. The number of nitrogens with zero attached hydrogens (tertiary/aromatic N) is 2. The topological polar surface area (TPSA) is 76.4 Å². The number of amides is 1. The summed E-state index contributed by atoms with van der Waals surface area (Å²) < 4.78 is 1.45. The molecule has 0 unspecified atom stereocenters. The van der Waals surface area contributed by atoms with Crippen LogP contribution in [0.2, 0.25) is 0 Å². The lowest BCUT2D eigenvalue weighted by atomic mass is 10.1. The van der Waals surface area contributed by atoms with Crippen molar-refractivity contribution < 1.29 is 14.8 Å². The fourth-order valence-electron chi connectivity index (χ4n) is 2.08. The van der Waals surface area contributed by atoms with E-state index in [0.717, 1.165) is 0 Å². The van der Waals surface area contributed by atoms with Gasteiger partial charge < -0.3 is 4.84 Å². The average Bonchev–Trinajstić information content (AvgIpc) is 2.99. The summed E-state index contributed by atoms with van der Waals surface area (Å²) in [7, 11) is 0. The highest BCUT2D eigenvalue weighted by Gasteiger charge is 2.19. The average molecular weight is 295 g/mol. The SMILES string of the molecule is O=C(NO)c1ccn(Oc2ccccc2)c1-c1ccccn1. The summed E-state index contributed by atoms with van der Waals surface area (Å²) in [5, 5.41) is 8.89. The van der Waals surface area contributed by atoms with Crippen LogP contribution in [0.1, 0.15) is 10.4 Å². The normalized spacial score (nSPS) is 10.2. The summed E-state index contributed by atoms with van der Waals surface area (Å²) >= 11 is 0. The number of benzene rings is 1. The third-order valence-electron chi connectivity index (χ3n) is 3.05. The van der Waals surface area contributed by atoms with Gasteiger partial charge in [0.15, 0.2) is 5.75 Å². The smallest absolute Gasteiger partial charge is 0.277 e. The van der Waals surface area contributed by atoms with Crippen LogP contribution >= 0.6 is 0 Å². The number of pyridine rings is 1. The summed E-state index contributed by atoms with van der Waals surface area (Å²) in [5.74, 6) is -0.0118. The Morgan fingerprint density at radius 3 is 2.55 bits per heavy atom. The van der Waals surface area contributed by atoms with Gasteiger partial charge in [-0.25, -0.2) is 5.48 Å². The second kappa shape index (κ2) is 6.11. The number of carbonyl (C=O) groups excluding carboxylic acids is 1. The van der Waals surface area contributed by atoms with Gasteiger partial charge in [0.25, 0.3) is 5.91 Å². The van der Waals surface area contributed by atoms with Gasteiger partial charge in [-0.3, -0.25) is 15.0 Å². The molecule has 110 valence electrons. The van der Waals surface area contributed by atoms with Crippen LogP contribution in [0.15, 0.2) is 67.0 Å². The Kier molecular flexibility index (Phi) is 3.84. The van der Waals surface area contributed by atoms with Gasteiger partial charge in [-0.05, 0) is 30.3 Å². The van der Waals surface area contributed by atoms with Gasteiger partial charge in [-0.2, -0.15) is 4.73 Å². The molecule has 3 rings (SSSR count). The minimum atomic E-state index is -0.629. The molecule has 6 heteroatoms. The van der Waals surface area contributed by atoms with Gasteiger partial charge in [0.2, 0.25) is 0 Å². The van der Waals surface area contributed by atoms with Crippen LogP contribution in [0.25, 0.3) is 11.4 Å². The molecule has 0 aliphatic rings. The fourth-order valence-corrected chi connectivity index (χ4v) is 2.08. The minimum absolute atomic E-state index is 0.261. The Labute approximate surface area is 126 Å². The second-order valence-corrected chi connectivity index (χ2v) is 4.46. The zero-order valence-corrected chi connectivity index (χ0v) is 11.5. The Morgan fingerprint density at radius 2 is 1.86 bits per heavy atom. The maximum atomic E-state index is 11.8. The van der Waals surface area contributed by atoms with Gasteiger partial charge in [-0.15, -0.1) is 0 Å². The van der Waals surface area contributed by atoms with Crippen molar-refractivity contribution in [1.29, 1.82) is 0 Å². The van der Waals surface area contributed by atoms with E-state index >= 15 is 0 Å². The Morgan fingerprint density at radius 1 is 1.09 bits per heavy atom. The predicted octanol–water partition coefficient (Wildman–Crippen LogP) is 2.51.